The number of hydrogen-bond acceptors (Lipinski definition) is 6. The average Bonchev–Trinajstić information content (AvgIpc) is 3.24. The third kappa shape index (κ3) is 5.85. The van der Waals surface area contributed by atoms with E-state index in [-0.39, 0.29) is 24.5 Å². The fourth-order valence-electron chi connectivity index (χ4n) is 2.87. The van der Waals surface area contributed by atoms with Crippen molar-refractivity contribution < 1.29 is 38.9 Å². The van der Waals surface area contributed by atoms with E-state index >= 15 is 0 Å². The highest BCUT2D eigenvalue weighted by atomic mass is 16.7. The van der Waals surface area contributed by atoms with Crippen LogP contribution in [0.3, 0.4) is 0 Å². The first kappa shape index (κ1) is 22.3. The maximum Gasteiger partial charge on any atom is 0.326 e. The van der Waals surface area contributed by atoms with Gasteiger partial charge in [-0.2, -0.15) is 0 Å². The van der Waals surface area contributed by atoms with Crippen molar-refractivity contribution in [3.05, 3.63) is 65.4 Å². The molecule has 4 N–H and O–H groups in total. The molecule has 3 rings (SSSR count). The number of amides is 2. The Bertz CT molecular complexity index is 1060. The minimum Gasteiger partial charge on any atom is -0.481 e. The third-order valence-electron chi connectivity index (χ3n) is 4.49. The van der Waals surface area contributed by atoms with Crippen molar-refractivity contribution in [2.24, 2.45) is 0 Å². The lowest BCUT2D eigenvalue weighted by molar-refractivity contribution is -0.142. The SMILES string of the molecule is O=C(O)CC[C@@H](NC(=O)/C(=C/c1ccc2c(c1)OCO2)NC(=O)c1ccccc1)C(=O)O. The van der Waals surface area contributed by atoms with Crippen LogP contribution < -0.4 is 20.1 Å². The summed E-state index contributed by atoms with van der Waals surface area (Å²) in [6, 6.07) is 11.6. The molecule has 0 fully saturated rings. The molecule has 0 spiro atoms. The average molecular weight is 440 g/mol. The van der Waals surface area contributed by atoms with E-state index in [1.54, 1.807) is 48.5 Å². The highest BCUT2D eigenvalue weighted by Crippen LogP contribution is 2.33. The summed E-state index contributed by atoms with van der Waals surface area (Å²) in [7, 11) is 0. The fourth-order valence-corrected chi connectivity index (χ4v) is 2.87. The predicted octanol–water partition coefficient (Wildman–Crippen LogP) is 1.62. The standard InChI is InChI=1S/C22H20N2O8/c25-19(26)9-7-15(22(29)30)23-21(28)16(24-20(27)14-4-2-1-3-5-14)10-13-6-8-17-18(11-13)32-12-31-17/h1-6,8,10-11,15H,7,9,12H2,(H,23,28)(H,24,27)(H,25,26)(H,29,30)/b16-10-/t15-/m1/s1. The molecular weight excluding hydrogens is 420 g/mol. The maximum atomic E-state index is 12.8. The van der Waals surface area contributed by atoms with E-state index in [1.807, 2.05) is 0 Å². The van der Waals surface area contributed by atoms with Crippen LogP contribution in [0.5, 0.6) is 11.5 Å². The number of carboxylic acid groups (broad SMARTS) is 2. The van der Waals surface area contributed by atoms with Crippen molar-refractivity contribution in [2.75, 3.05) is 6.79 Å². The van der Waals surface area contributed by atoms with Gasteiger partial charge in [0.25, 0.3) is 11.8 Å². The van der Waals surface area contributed by atoms with Crippen molar-refractivity contribution in [3.8, 4) is 11.5 Å². The Balaban J connectivity index is 1.86. The number of nitrogens with one attached hydrogen (secondary N) is 2. The summed E-state index contributed by atoms with van der Waals surface area (Å²) >= 11 is 0. The van der Waals surface area contributed by atoms with Crippen LogP contribution in [-0.4, -0.2) is 46.8 Å². The second kappa shape index (κ2) is 10.1. The van der Waals surface area contributed by atoms with E-state index in [9.17, 15) is 24.3 Å². The monoisotopic (exact) mass is 440 g/mol. The van der Waals surface area contributed by atoms with Gasteiger partial charge in [0, 0.05) is 12.0 Å². The Morgan fingerprint density at radius 3 is 2.41 bits per heavy atom. The lowest BCUT2D eigenvalue weighted by atomic mass is 10.1. The predicted molar refractivity (Wildman–Crippen MR) is 111 cm³/mol. The van der Waals surface area contributed by atoms with Crippen molar-refractivity contribution in [1.82, 2.24) is 10.6 Å². The molecule has 0 bridgehead atoms. The quantitative estimate of drug-likeness (QED) is 0.430. The van der Waals surface area contributed by atoms with Gasteiger partial charge in [-0.15, -0.1) is 0 Å². The van der Waals surface area contributed by atoms with Crippen LogP contribution in [0.4, 0.5) is 0 Å². The zero-order chi connectivity index (χ0) is 23.1. The van der Waals surface area contributed by atoms with Crippen LogP contribution in [0.1, 0.15) is 28.8 Å². The molecule has 0 aliphatic carbocycles. The van der Waals surface area contributed by atoms with E-state index < -0.39 is 36.2 Å². The molecule has 0 unspecified atom stereocenters. The summed E-state index contributed by atoms with van der Waals surface area (Å²) in [4.78, 5) is 47.7. The third-order valence-corrected chi connectivity index (χ3v) is 4.49. The van der Waals surface area contributed by atoms with E-state index in [0.717, 1.165) is 0 Å². The topological polar surface area (TPSA) is 151 Å². The first-order valence-electron chi connectivity index (χ1n) is 9.56. The molecule has 32 heavy (non-hydrogen) atoms. The lowest BCUT2D eigenvalue weighted by Crippen LogP contribution is -2.44. The van der Waals surface area contributed by atoms with Gasteiger partial charge in [-0.05, 0) is 42.3 Å². The fraction of sp³-hybridized carbons (Fsp3) is 0.182. The number of ether oxygens (including phenoxy) is 2. The van der Waals surface area contributed by atoms with Crippen LogP contribution in [0.2, 0.25) is 0 Å². The number of carboxylic acids is 2. The molecule has 0 radical (unpaired) electrons. The molecule has 0 saturated heterocycles. The molecular formula is C22H20N2O8. The Labute approximate surface area is 182 Å². The zero-order valence-corrected chi connectivity index (χ0v) is 16.7. The minimum absolute atomic E-state index is 0.0600. The Morgan fingerprint density at radius 1 is 1.00 bits per heavy atom. The highest BCUT2D eigenvalue weighted by Gasteiger charge is 2.24. The van der Waals surface area contributed by atoms with Crippen molar-refractivity contribution >= 4 is 29.8 Å². The molecule has 1 aliphatic heterocycles. The Kier molecular flexibility index (Phi) is 7.06. The van der Waals surface area contributed by atoms with Crippen LogP contribution >= 0.6 is 0 Å². The van der Waals surface area contributed by atoms with Gasteiger partial charge in [0.1, 0.15) is 11.7 Å². The first-order chi connectivity index (χ1) is 15.3. The Morgan fingerprint density at radius 2 is 1.72 bits per heavy atom. The number of carbonyl (C=O) groups excluding carboxylic acids is 2. The van der Waals surface area contributed by atoms with Gasteiger partial charge in [0.05, 0.1) is 0 Å². The largest absolute Gasteiger partial charge is 0.481 e. The molecule has 1 atom stereocenters. The summed E-state index contributed by atoms with van der Waals surface area (Å²) in [5.74, 6) is -3.07. The second-order valence-corrected chi connectivity index (χ2v) is 6.79. The van der Waals surface area contributed by atoms with Crippen LogP contribution in [-0.2, 0) is 14.4 Å². The molecule has 1 heterocycles. The highest BCUT2D eigenvalue weighted by molar-refractivity contribution is 6.06. The molecule has 2 aromatic carbocycles. The van der Waals surface area contributed by atoms with Crippen LogP contribution in [0.25, 0.3) is 6.08 Å². The van der Waals surface area contributed by atoms with Gasteiger partial charge in [-0.25, -0.2) is 4.79 Å². The second-order valence-electron chi connectivity index (χ2n) is 6.79. The first-order valence-corrected chi connectivity index (χ1v) is 9.56. The molecule has 0 saturated carbocycles. The van der Waals surface area contributed by atoms with E-state index in [2.05, 4.69) is 10.6 Å². The summed E-state index contributed by atoms with van der Waals surface area (Å²) in [6.07, 6.45) is 0.587. The van der Waals surface area contributed by atoms with E-state index in [0.29, 0.717) is 17.1 Å². The molecule has 1 aliphatic rings. The van der Waals surface area contributed by atoms with E-state index in [4.69, 9.17) is 14.6 Å². The summed E-state index contributed by atoms with van der Waals surface area (Å²) in [6.45, 7) is 0.0600. The maximum absolute atomic E-state index is 12.8. The molecule has 2 amide bonds. The Hall–Kier alpha value is -4.34. The minimum atomic E-state index is -1.45. The van der Waals surface area contributed by atoms with Gasteiger partial charge < -0.3 is 30.3 Å². The van der Waals surface area contributed by atoms with Crippen molar-refractivity contribution in [1.29, 1.82) is 0 Å². The smallest absolute Gasteiger partial charge is 0.326 e. The number of rotatable bonds is 9. The normalized spacial score (nSPS) is 13.2. The molecule has 10 heteroatoms. The van der Waals surface area contributed by atoms with Crippen molar-refractivity contribution in [2.45, 2.75) is 18.9 Å². The molecule has 166 valence electrons. The van der Waals surface area contributed by atoms with Gasteiger partial charge in [-0.3, -0.25) is 14.4 Å². The van der Waals surface area contributed by atoms with Crippen LogP contribution in [0, 0.1) is 0 Å². The number of benzene rings is 2. The van der Waals surface area contributed by atoms with Crippen molar-refractivity contribution in [3.63, 3.8) is 0 Å². The number of fused-ring (bicyclic) bond motifs is 1. The van der Waals surface area contributed by atoms with Gasteiger partial charge in [-0.1, -0.05) is 24.3 Å². The van der Waals surface area contributed by atoms with Gasteiger partial charge >= 0.3 is 11.9 Å². The summed E-state index contributed by atoms with van der Waals surface area (Å²) in [5.41, 5.74) is 0.557. The number of carbonyl (C=O) groups is 4. The van der Waals surface area contributed by atoms with Gasteiger partial charge in [0.2, 0.25) is 6.79 Å². The molecule has 2 aromatic rings. The summed E-state index contributed by atoms with van der Waals surface area (Å²) < 4.78 is 10.6. The summed E-state index contributed by atoms with van der Waals surface area (Å²) in [5, 5.41) is 22.9. The lowest BCUT2D eigenvalue weighted by Gasteiger charge is -2.16. The number of aliphatic carboxylic acids is 2. The van der Waals surface area contributed by atoms with Gasteiger partial charge in [0.15, 0.2) is 11.5 Å². The zero-order valence-electron chi connectivity index (χ0n) is 16.7. The number of hydrogen-bond donors (Lipinski definition) is 4. The molecule has 10 nitrogen and oxygen atoms in total. The molecule has 0 aromatic heterocycles. The van der Waals surface area contributed by atoms with E-state index in [1.165, 1.54) is 6.08 Å². The van der Waals surface area contributed by atoms with Crippen LogP contribution in [0.15, 0.2) is 54.2 Å².